The van der Waals surface area contributed by atoms with Crippen LogP contribution in [-0.2, 0) is 0 Å². The first-order valence-corrected chi connectivity index (χ1v) is 6.67. The molecular formula is C11H9BrN2O2S. The summed E-state index contributed by atoms with van der Waals surface area (Å²) in [6.45, 7) is 1.18. The lowest BCUT2D eigenvalue weighted by molar-refractivity contribution is 0.171. The van der Waals surface area contributed by atoms with Crippen molar-refractivity contribution in [2.75, 3.05) is 18.9 Å². The monoisotopic (exact) mass is 312 g/mol. The highest BCUT2D eigenvalue weighted by molar-refractivity contribution is 9.11. The van der Waals surface area contributed by atoms with Crippen LogP contribution >= 0.6 is 27.3 Å². The van der Waals surface area contributed by atoms with Crippen LogP contribution in [0.15, 0.2) is 22.0 Å². The molecule has 1 aromatic heterocycles. The van der Waals surface area contributed by atoms with Crippen LogP contribution in [0, 0.1) is 0 Å². The SMILES string of the molecule is Nc1nc(-c2ccc3c(c2)OCCO3)c(Br)s1. The number of hydrogen-bond acceptors (Lipinski definition) is 5. The molecular weight excluding hydrogens is 304 g/mol. The van der Waals surface area contributed by atoms with E-state index in [0.29, 0.717) is 18.3 Å². The van der Waals surface area contributed by atoms with Crippen molar-refractivity contribution in [3.63, 3.8) is 0 Å². The first kappa shape index (κ1) is 10.9. The second-order valence-corrected chi connectivity index (χ2v) is 5.88. The van der Waals surface area contributed by atoms with Crippen molar-refractivity contribution in [2.45, 2.75) is 0 Å². The Morgan fingerprint density at radius 2 is 2.00 bits per heavy atom. The Morgan fingerprint density at radius 3 is 2.71 bits per heavy atom. The van der Waals surface area contributed by atoms with Gasteiger partial charge in [-0.25, -0.2) is 4.98 Å². The van der Waals surface area contributed by atoms with E-state index in [1.807, 2.05) is 18.2 Å². The molecule has 0 unspecified atom stereocenters. The van der Waals surface area contributed by atoms with Crippen molar-refractivity contribution in [3.8, 4) is 22.8 Å². The van der Waals surface area contributed by atoms with Crippen molar-refractivity contribution >= 4 is 32.4 Å². The van der Waals surface area contributed by atoms with Crippen LogP contribution in [-0.4, -0.2) is 18.2 Å². The molecule has 2 heterocycles. The highest BCUT2D eigenvalue weighted by Crippen LogP contribution is 2.39. The average Bonchev–Trinajstić information content (AvgIpc) is 2.68. The molecule has 0 atom stereocenters. The Balaban J connectivity index is 2.06. The van der Waals surface area contributed by atoms with E-state index in [9.17, 15) is 0 Å². The van der Waals surface area contributed by atoms with E-state index in [4.69, 9.17) is 15.2 Å². The first-order valence-electron chi connectivity index (χ1n) is 5.06. The summed E-state index contributed by atoms with van der Waals surface area (Å²) >= 11 is 4.87. The highest BCUT2D eigenvalue weighted by Gasteiger charge is 2.15. The summed E-state index contributed by atoms with van der Waals surface area (Å²) in [6, 6.07) is 5.77. The quantitative estimate of drug-likeness (QED) is 0.879. The topological polar surface area (TPSA) is 57.4 Å². The van der Waals surface area contributed by atoms with Crippen LogP contribution in [0.2, 0.25) is 0 Å². The van der Waals surface area contributed by atoms with Gasteiger partial charge in [0.05, 0.1) is 9.48 Å². The van der Waals surface area contributed by atoms with Gasteiger partial charge in [0, 0.05) is 5.56 Å². The average molecular weight is 313 g/mol. The molecule has 2 N–H and O–H groups in total. The van der Waals surface area contributed by atoms with Gasteiger partial charge in [0.2, 0.25) is 0 Å². The molecule has 0 saturated heterocycles. The van der Waals surface area contributed by atoms with Gasteiger partial charge in [-0.2, -0.15) is 0 Å². The summed E-state index contributed by atoms with van der Waals surface area (Å²) in [6.07, 6.45) is 0. The second-order valence-electron chi connectivity index (χ2n) is 3.53. The minimum Gasteiger partial charge on any atom is -0.486 e. The van der Waals surface area contributed by atoms with Crippen molar-refractivity contribution in [2.24, 2.45) is 0 Å². The zero-order chi connectivity index (χ0) is 11.8. The van der Waals surface area contributed by atoms with Crippen LogP contribution in [0.3, 0.4) is 0 Å². The van der Waals surface area contributed by atoms with Crippen molar-refractivity contribution < 1.29 is 9.47 Å². The lowest BCUT2D eigenvalue weighted by atomic mass is 10.1. The van der Waals surface area contributed by atoms with Gasteiger partial charge >= 0.3 is 0 Å². The number of rotatable bonds is 1. The molecule has 4 nitrogen and oxygen atoms in total. The summed E-state index contributed by atoms with van der Waals surface area (Å²) in [7, 11) is 0. The minimum absolute atomic E-state index is 0.543. The van der Waals surface area contributed by atoms with Crippen LogP contribution < -0.4 is 15.2 Å². The fraction of sp³-hybridized carbons (Fsp3) is 0.182. The number of nitrogens with two attached hydrogens (primary N) is 1. The van der Waals surface area contributed by atoms with Gasteiger partial charge in [0.15, 0.2) is 16.6 Å². The molecule has 88 valence electrons. The molecule has 1 aliphatic rings. The third-order valence-corrected chi connectivity index (χ3v) is 3.95. The number of benzene rings is 1. The Kier molecular flexibility index (Phi) is 2.68. The summed E-state index contributed by atoms with van der Waals surface area (Å²) in [5.41, 5.74) is 7.48. The van der Waals surface area contributed by atoms with Gasteiger partial charge in [-0.15, -0.1) is 0 Å². The fourth-order valence-electron chi connectivity index (χ4n) is 1.69. The molecule has 0 bridgehead atoms. The molecule has 0 fully saturated rings. The molecule has 6 heteroatoms. The summed E-state index contributed by atoms with van der Waals surface area (Å²) in [5, 5.41) is 0.543. The Bertz CT molecular complexity index is 571. The number of aromatic nitrogens is 1. The third-order valence-electron chi connectivity index (χ3n) is 2.42. The Labute approximate surface area is 111 Å². The van der Waals surface area contributed by atoms with Gasteiger partial charge < -0.3 is 15.2 Å². The number of halogens is 1. The minimum atomic E-state index is 0.543. The molecule has 0 radical (unpaired) electrons. The van der Waals surface area contributed by atoms with Gasteiger partial charge in [0.25, 0.3) is 0 Å². The molecule has 0 aliphatic carbocycles. The standard InChI is InChI=1S/C11H9BrN2O2S/c12-10-9(14-11(13)17-10)6-1-2-7-8(5-6)16-4-3-15-7/h1-2,5H,3-4H2,(H2,13,14). The largest absolute Gasteiger partial charge is 0.486 e. The van der Waals surface area contributed by atoms with Gasteiger partial charge in [-0.3, -0.25) is 0 Å². The fourth-order valence-corrected chi connectivity index (χ4v) is 3.08. The highest BCUT2D eigenvalue weighted by atomic mass is 79.9. The Morgan fingerprint density at radius 1 is 1.24 bits per heavy atom. The van der Waals surface area contributed by atoms with E-state index >= 15 is 0 Å². The van der Waals surface area contributed by atoms with Crippen molar-refractivity contribution in [1.82, 2.24) is 4.98 Å². The predicted octanol–water partition coefficient (Wildman–Crippen LogP) is 2.93. The van der Waals surface area contributed by atoms with E-state index in [-0.39, 0.29) is 0 Å². The van der Waals surface area contributed by atoms with E-state index < -0.39 is 0 Å². The number of nitrogens with zero attached hydrogens (tertiary/aromatic N) is 1. The van der Waals surface area contributed by atoms with E-state index in [2.05, 4.69) is 20.9 Å². The number of ether oxygens (including phenoxy) is 2. The van der Waals surface area contributed by atoms with Crippen molar-refractivity contribution in [3.05, 3.63) is 22.0 Å². The lowest BCUT2D eigenvalue weighted by Crippen LogP contribution is -2.15. The van der Waals surface area contributed by atoms with E-state index in [1.54, 1.807) is 0 Å². The molecule has 0 saturated carbocycles. The maximum absolute atomic E-state index is 5.68. The number of nitrogen functional groups attached to an aromatic ring is 1. The molecule has 17 heavy (non-hydrogen) atoms. The van der Waals surface area contributed by atoms with E-state index in [1.165, 1.54) is 11.3 Å². The summed E-state index contributed by atoms with van der Waals surface area (Å²) < 4.78 is 11.9. The smallest absolute Gasteiger partial charge is 0.181 e. The first-order chi connectivity index (χ1) is 8.24. The normalized spacial score (nSPS) is 13.7. The van der Waals surface area contributed by atoms with Gasteiger partial charge in [-0.1, -0.05) is 11.3 Å². The summed E-state index contributed by atoms with van der Waals surface area (Å²) in [5.74, 6) is 1.53. The number of fused-ring (bicyclic) bond motifs is 1. The molecule has 3 rings (SSSR count). The predicted molar refractivity (Wildman–Crippen MR) is 70.7 cm³/mol. The van der Waals surface area contributed by atoms with Gasteiger partial charge in [-0.05, 0) is 34.1 Å². The zero-order valence-electron chi connectivity index (χ0n) is 8.77. The molecule has 0 amide bonds. The van der Waals surface area contributed by atoms with Crippen LogP contribution in [0.4, 0.5) is 5.13 Å². The van der Waals surface area contributed by atoms with Crippen molar-refractivity contribution in [1.29, 1.82) is 0 Å². The zero-order valence-corrected chi connectivity index (χ0v) is 11.2. The molecule has 2 aromatic rings. The number of thiazole rings is 1. The van der Waals surface area contributed by atoms with Crippen LogP contribution in [0.1, 0.15) is 0 Å². The third kappa shape index (κ3) is 1.98. The maximum atomic E-state index is 5.68. The number of hydrogen-bond donors (Lipinski definition) is 1. The molecule has 1 aromatic carbocycles. The lowest BCUT2D eigenvalue weighted by Gasteiger charge is -2.18. The second kappa shape index (κ2) is 4.19. The molecule has 0 spiro atoms. The van der Waals surface area contributed by atoms with Gasteiger partial charge in [0.1, 0.15) is 13.2 Å². The maximum Gasteiger partial charge on any atom is 0.181 e. The van der Waals surface area contributed by atoms with Crippen LogP contribution in [0.5, 0.6) is 11.5 Å². The molecule has 1 aliphatic heterocycles. The van der Waals surface area contributed by atoms with Crippen LogP contribution in [0.25, 0.3) is 11.3 Å². The summed E-state index contributed by atoms with van der Waals surface area (Å²) in [4.78, 5) is 4.28. The number of anilines is 1. The van der Waals surface area contributed by atoms with E-state index in [0.717, 1.165) is 26.5 Å². The Hall–Kier alpha value is -1.27.